The first-order valence-corrected chi connectivity index (χ1v) is 7.37. The van der Waals surface area contributed by atoms with Crippen LogP contribution in [0.2, 0.25) is 5.02 Å². The van der Waals surface area contributed by atoms with E-state index in [0.717, 1.165) is 12.8 Å². The van der Waals surface area contributed by atoms with Crippen molar-refractivity contribution in [2.75, 3.05) is 0 Å². The Bertz CT molecular complexity index is 467. The van der Waals surface area contributed by atoms with Crippen molar-refractivity contribution in [2.45, 2.75) is 38.5 Å². The van der Waals surface area contributed by atoms with Crippen LogP contribution in [0.15, 0.2) is 24.3 Å². The van der Waals surface area contributed by atoms with Gasteiger partial charge in [0.2, 0.25) is 5.91 Å². The highest BCUT2D eigenvalue weighted by Crippen LogP contribution is 2.25. The maximum atomic E-state index is 11.8. The molecule has 1 aliphatic rings. The van der Waals surface area contributed by atoms with Gasteiger partial charge in [0.05, 0.1) is 0 Å². The molecule has 0 radical (unpaired) electrons. The van der Waals surface area contributed by atoms with Gasteiger partial charge in [0, 0.05) is 17.0 Å². The first-order chi connectivity index (χ1) is 9.65. The maximum absolute atomic E-state index is 11.8. The zero-order valence-electron chi connectivity index (χ0n) is 11.3. The lowest BCUT2D eigenvalue weighted by molar-refractivity contribution is -0.123. The van der Waals surface area contributed by atoms with Gasteiger partial charge >= 0.3 is 0 Å². The molecule has 20 heavy (non-hydrogen) atoms. The second kappa shape index (κ2) is 7.29. The highest BCUT2D eigenvalue weighted by atomic mass is 35.5. The molecule has 0 heterocycles. The van der Waals surface area contributed by atoms with E-state index >= 15 is 0 Å². The SMILES string of the molecule is O=C(CC1CCCCC1)NNC(=O)c1ccc(Cl)cc1. The van der Waals surface area contributed by atoms with Crippen LogP contribution >= 0.6 is 11.6 Å². The predicted molar refractivity (Wildman–Crippen MR) is 78.3 cm³/mol. The van der Waals surface area contributed by atoms with Crippen molar-refractivity contribution in [3.8, 4) is 0 Å². The number of benzene rings is 1. The molecule has 2 N–H and O–H groups in total. The minimum absolute atomic E-state index is 0.126. The molecule has 0 saturated heterocycles. The first kappa shape index (κ1) is 14.9. The predicted octanol–water partition coefficient (Wildman–Crippen LogP) is 3.07. The van der Waals surface area contributed by atoms with Crippen LogP contribution in [0.4, 0.5) is 0 Å². The van der Waals surface area contributed by atoms with Gasteiger partial charge in [0.1, 0.15) is 0 Å². The molecule has 1 aromatic rings. The van der Waals surface area contributed by atoms with E-state index in [-0.39, 0.29) is 11.8 Å². The summed E-state index contributed by atoms with van der Waals surface area (Å²) in [4.78, 5) is 23.5. The lowest BCUT2D eigenvalue weighted by Gasteiger charge is -2.20. The summed E-state index contributed by atoms with van der Waals surface area (Å²) in [6.45, 7) is 0. The normalized spacial score (nSPS) is 15.7. The third kappa shape index (κ3) is 4.53. The van der Waals surface area contributed by atoms with Crippen LogP contribution in [0.1, 0.15) is 48.9 Å². The maximum Gasteiger partial charge on any atom is 0.269 e. The largest absolute Gasteiger partial charge is 0.273 e. The van der Waals surface area contributed by atoms with E-state index in [1.807, 2.05) is 0 Å². The van der Waals surface area contributed by atoms with Gasteiger partial charge in [-0.15, -0.1) is 0 Å². The summed E-state index contributed by atoms with van der Waals surface area (Å²) < 4.78 is 0. The summed E-state index contributed by atoms with van der Waals surface area (Å²) in [7, 11) is 0. The molecule has 0 atom stereocenters. The van der Waals surface area contributed by atoms with Crippen molar-refractivity contribution >= 4 is 23.4 Å². The average molecular weight is 295 g/mol. The van der Waals surface area contributed by atoms with Crippen molar-refractivity contribution in [1.29, 1.82) is 0 Å². The molecule has 2 rings (SSSR count). The molecule has 1 saturated carbocycles. The Hall–Kier alpha value is -1.55. The number of amides is 2. The van der Waals surface area contributed by atoms with Crippen molar-refractivity contribution in [3.05, 3.63) is 34.9 Å². The number of nitrogens with one attached hydrogen (secondary N) is 2. The zero-order valence-corrected chi connectivity index (χ0v) is 12.1. The van der Waals surface area contributed by atoms with Crippen molar-refractivity contribution < 1.29 is 9.59 Å². The van der Waals surface area contributed by atoms with Crippen LogP contribution in [0.5, 0.6) is 0 Å². The first-order valence-electron chi connectivity index (χ1n) is 7.00. The molecule has 1 aromatic carbocycles. The van der Waals surface area contributed by atoms with Crippen LogP contribution < -0.4 is 10.9 Å². The summed E-state index contributed by atoms with van der Waals surface area (Å²) in [6, 6.07) is 6.51. The number of halogens is 1. The van der Waals surface area contributed by atoms with E-state index in [1.54, 1.807) is 24.3 Å². The van der Waals surface area contributed by atoms with Crippen LogP contribution in [0, 0.1) is 5.92 Å². The number of rotatable bonds is 3. The molecule has 0 aliphatic heterocycles. The molecule has 4 nitrogen and oxygen atoms in total. The highest BCUT2D eigenvalue weighted by molar-refractivity contribution is 6.30. The van der Waals surface area contributed by atoms with Gasteiger partial charge in [-0.05, 0) is 43.0 Å². The summed E-state index contributed by atoms with van der Waals surface area (Å²) in [5.41, 5.74) is 5.36. The van der Waals surface area contributed by atoms with Gasteiger partial charge in [-0.3, -0.25) is 20.4 Å². The third-order valence-corrected chi connectivity index (χ3v) is 3.87. The van der Waals surface area contributed by atoms with Crippen molar-refractivity contribution in [2.24, 2.45) is 5.92 Å². The summed E-state index contributed by atoms with van der Waals surface area (Å²) >= 11 is 5.75. The minimum atomic E-state index is -0.335. The van der Waals surface area contributed by atoms with Crippen LogP contribution in [0.25, 0.3) is 0 Å². The zero-order chi connectivity index (χ0) is 14.4. The summed E-state index contributed by atoms with van der Waals surface area (Å²) in [5.74, 6) is -0.00550. The monoisotopic (exact) mass is 294 g/mol. The van der Waals surface area contributed by atoms with E-state index in [2.05, 4.69) is 10.9 Å². The van der Waals surface area contributed by atoms with Gasteiger partial charge in [-0.25, -0.2) is 0 Å². The lowest BCUT2D eigenvalue weighted by Crippen LogP contribution is -2.42. The molecule has 108 valence electrons. The Morgan fingerprint density at radius 2 is 1.70 bits per heavy atom. The standard InChI is InChI=1S/C15H19ClN2O2/c16-13-8-6-12(7-9-13)15(20)18-17-14(19)10-11-4-2-1-3-5-11/h6-9,11H,1-5,10H2,(H,17,19)(H,18,20). The van der Waals surface area contributed by atoms with Crippen LogP contribution in [-0.4, -0.2) is 11.8 Å². The van der Waals surface area contributed by atoms with Crippen LogP contribution in [-0.2, 0) is 4.79 Å². The number of hydrogen-bond acceptors (Lipinski definition) is 2. The van der Waals surface area contributed by atoms with Gasteiger partial charge in [-0.2, -0.15) is 0 Å². The minimum Gasteiger partial charge on any atom is -0.273 e. The third-order valence-electron chi connectivity index (χ3n) is 3.62. The van der Waals surface area contributed by atoms with Crippen LogP contribution in [0.3, 0.4) is 0 Å². The Kier molecular flexibility index (Phi) is 5.41. The fourth-order valence-electron chi connectivity index (χ4n) is 2.50. The molecule has 5 heteroatoms. The number of hydrazine groups is 1. The molecule has 0 spiro atoms. The molecule has 1 fully saturated rings. The van der Waals surface area contributed by atoms with E-state index in [1.165, 1.54) is 19.3 Å². The second-order valence-corrected chi connectivity index (χ2v) is 5.65. The Balaban J connectivity index is 1.75. The highest BCUT2D eigenvalue weighted by Gasteiger charge is 2.17. The van der Waals surface area contributed by atoms with Gasteiger partial charge < -0.3 is 0 Å². The van der Waals surface area contributed by atoms with Gasteiger partial charge in [0.15, 0.2) is 0 Å². The quantitative estimate of drug-likeness (QED) is 0.842. The summed E-state index contributed by atoms with van der Waals surface area (Å²) in [5, 5.41) is 0.572. The summed E-state index contributed by atoms with van der Waals surface area (Å²) in [6.07, 6.45) is 6.38. The van der Waals surface area contributed by atoms with Gasteiger partial charge in [0.25, 0.3) is 5.91 Å². The Morgan fingerprint density at radius 3 is 2.35 bits per heavy atom. The Morgan fingerprint density at radius 1 is 1.05 bits per heavy atom. The Labute approximate surface area is 123 Å². The number of carbonyl (C=O) groups is 2. The number of carbonyl (C=O) groups excluding carboxylic acids is 2. The molecule has 0 aromatic heterocycles. The smallest absolute Gasteiger partial charge is 0.269 e. The number of hydrogen-bond donors (Lipinski definition) is 2. The van der Waals surface area contributed by atoms with Crippen molar-refractivity contribution in [3.63, 3.8) is 0 Å². The van der Waals surface area contributed by atoms with E-state index in [9.17, 15) is 9.59 Å². The average Bonchev–Trinajstić information content (AvgIpc) is 2.46. The lowest BCUT2D eigenvalue weighted by atomic mass is 9.87. The molecule has 0 unspecified atom stereocenters. The fraction of sp³-hybridized carbons (Fsp3) is 0.467. The van der Waals surface area contributed by atoms with Gasteiger partial charge in [-0.1, -0.05) is 30.9 Å². The molecule has 2 amide bonds. The molecule has 1 aliphatic carbocycles. The molecular weight excluding hydrogens is 276 g/mol. The van der Waals surface area contributed by atoms with E-state index < -0.39 is 0 Å². The topological polar surface area (TPSA) is 58.2 Å². The fourth-order valence-corrected chi connectivity index (χ4v) is 2.63. The van der Waals surface area contributed by atoms with E-state index in [4.69, 9.17) is 11.6 Å². The molecule has 0 bridgehead atoms. The van der Waals surface area contributed by atoms with E-state index in [0.29, 0.717) is 22.9 Å². The second-order valence-electron chi connectivity index (χ2n) is 5.22. The van der Waals surface area contributed by atoms with Crippen molar-refractivity contribution in [1.82, 2.24) is 10.9 Å². The molecular formula is C15H19ClN2O2.